The van der Waals surface area contributed by atoms with Crippen molar-refractivity contribution in [1.29, 1.82) is 0 Å². The second kappa shape index (κ2) is 10.4. The van der Waals surface area contributed by atoms with Gasteiger partial charge in [0.1, 0.15) is 17.5 Å². The van der Waals surface area contributed by atoms with E-state index in [-0.39, 0.29) is 47.0 Å². The van der Waals surface area contributed by atoms with Gasteiger partial charge in [-0.3, -0.25) is 9.78 Å². The topological polar surface area (TPSA) is 89.4 Å². The second-order valence-electron chi connectivity index (χ2n) is 11.5. The van der Waals surface area contributed by atoms with Gasteiger partial charge >= 0.3 is 0 Å². The number of likely N-dealkylation sites (N-methyl/N-ethyl adjacent to an activating group) is 1. The van der Waals surface area contributed by atoms with Crippen molar-refractivity contribution in [2.75, 3.05) is 7.05 Å². The molecule has 1 aromatic carbocycles. The van der Waals surface area contributed by atoms with Crippen LogP contribution in [0, 0.1) is 17.6 Å². The van der Waals surface area contributed by atoms with E-state index in [4.69, 9.17) is 5.73 Å². The number of imidazole rings is 1. The summed E-state index contributed by atoms with van der Waals surface area (Å²) < 4.78 is 31.8. The first kappa shape index (κ1) is 26.5. The van der Waals surface area contributed by atoms with E-state index >= 15 is 8.78 Å². The first-order valence-corrected chi connectivity index (χ1v) is 14.0. The standard InChI is InChI=1S/C31H34F2N6O/c1-17-10-21(13-27(34)31(17)38(3)18(2)40)24-8-9-35-15-22(24)14-29-36-16-23-6-7-28(37-39(23)29)30-25(32)11-20(12-26(30)33)19-4-5-19/h6-9,11-12,15-17,19,21,27,31H,4-5,10,13-14,34H2,1-3H3/t17-,21+,27+,31-/m0/s1. The number of carbonyl (C=O) groups excluding carboxylic acids is 1. The zero-order chi connectivity index (χ0) is 28.1. The van der Waals surface area contributed by atoms with Gasteiger partial charge in [0.25, 0.3) is 0 Å². The minimum absolute atomic E-state index is 0.00275. The van der Waals surface area contributed by atoms with Crippen molar-refractivity contribution in [2.24, 2.45) is 11.7 Å². The molecule has 2 aliphatic rings. The molecule has 0 bridgehead atoms. The Hall–Kier alpha value is -3.72. The fourth-order valence-electron chi connectivity index (χ4n) is 6.54. The Labute approximate surface area is 232 Å². The molecule has 0 aliphatic heterocycles. The van der Waals surface area contributed by atoms with Gasteiger partial charge in [0.05, 0.1) is 23.0 Å². The molecule has 0 saturated heterocycles. The lowest BCUT2D eigenvalue weighted by Gasteiger charge is -2.43. The van der Waals surface area contributed by atoms with Crippen molar-refractivity contribution < 1.29 is 13.6 Å². The minimum atomic E-state index is -0.596. The SMILES string of the molecule is CC(=O)N(C)[C@@H]1[C@H](N)C[C@H](c2ccncc2Cc2ncc3ccc(-c4c(F)cc(C5CC5)cc4F)nn23)C[C@@H]1C. The molecule has 3 aromatic heterocycles. The maximum absolute atomic E-state index is 15.1. The molecule has 3 heterocycles. The van der Waals surface area contributed by atoms with E-state index in [0.717, 1.165) is 42.3 Å². The van der Waals surface area contributed by atoms with Crippen molar-refractivity contribution in [3.63, 3.8) is 0 Å². The van der Waals surface area contributed by atoms with Crippen molar-refractivity contribution >= 4 is 11.4 Å². The Morgan fingerprint density at radius 3 is 2.52 bits per heavy atom. The van der Waals surface area contributed by atoms with Crippen LogP contribution in [0.15, 0.2) is 48.9 Å². The predicted molar refractivity (Wildman–Crippen MR) is 149 cm³/mol. The van der Waals surface area contributed by atoms with E-state index in [0.29, 0.717) is 17.8 Å². The normalized spacial score (nSPS) is 22.9. The maximum atomic E-state index is 15.1. The van der Waals surface area contributed by atoms with Crippen molar-refractivity contribution in [3.8, 4) is 11.3 Å². The number of hydrogen-bond donors (Lipinski definition) is 1. The molecule has 1 amide bonds. The number of carbonyl (C=O) groups is 1. The number of nitrogens with two attached hydrogens (primary N) is 1. The number of fused-ring (bicyclic) bond motifs is 1. The number of benzene rings is 1. The highest BCUT2D eigenvalue weighted by Crippen LogP contribution is 2.42. The third kappa shape index (κ3) is 4.87. The highest BCUT2D eigenvalue weighted by atomic mass is 19.1. The summed E-state index contributed by atoms with van der Waals surface area (Å²) in [5.74, 6) is 0.183. The van der Waals surface area contributed by atoms with E-state index in [1.807, 2.05) is 19.3 Å². The highest BCUT2D eigenvalue weighted by Gasteiger charge is 2.38. The summed E-state index contributed by atoms with van der Waals surface area (Å²) in [4.78, 5) is 22.8. The lowest BCUT2D eigenvalue weighted by molar-refractivity contribution is -0.131. The van der Waals surface area contributed by atoms with Crippen LogP contribution in [0.5, 0.6) is 0 Å². The summed E-state index contributed by atoms with van der Waals surface area (Å²) in [7, 11) is 1.82. The van der Waals surface area contributed by atoms with Gasteiger partial charge in [0, 0.05) is 44.9 Å². The van der Waals surface area contributed by atoms with Gasteiger partial charge in [-0.15, -0.1) is 0 Å². The van der Waals surface area contributed by atoms with Crippen molar-refractivity contribution in [1.82, 2.24) is 24.5 Å². The van der Waals surface area contributed by atoms with Crippen molar-refractivity contribution in [3.05, 3.63) is 83.1 Å². The van der Waals surface area contributed by atoms with Crippen LogP contribution in [-0.4, -0.2) is 49.5 Å². The summed E-state index contributed by atoms with van der Waals surface area (Å²) in [5.41, 5.74) is 10.3. The Morgan fingerprint density at radius 1 is 1.10 bits per heavy atom. The Kier molecular flexibility index (Phi) is 6.86. The third-order valence-electron chi connectivity index (χ3n) is 8.73. The summed E-state index contributed by atoms with van der Waals surface area (Å²) in [6.45, 7) is 3.73. The number of hydrogen-bond acceptors (Lipinski definition) is 5. The maximum Gasteiger partial charge on any atom is 0.219 e. The van der Waals surface area contributed by atoms with E-state index < -0.39 is 11.6 Å². The molecule has 7 nitrogen and oxygen atoms in total. The van der Waals surface area contributed by atoms with Crippen LogP contribution < -0.4 is 5.73 Å². The van der Waals surface area contributed by atoms with E-state index in [1.54, 1.807) is 40.9 Å². The lowest BCUT2D eigenvalue weighted by atomic mass is 9.72. The summed E-state index contributed by atoms with van der Waals surface area (Å²) in [6, 6.07) is 8.18. The zero-order valence-corrected chi connectivity index (χ0v) is 23.0. The molecule has 2 fully saturated rings. The number of nitrogens with zero attached hydrogens (tertiary/aromatic N) is 5. The number of amides is 1. The number of pyridine rings is 1. The van der Waals surface area contributed by atoms with Crippen LogP contribution in [-0.2, 0) is 11.2 Å². The van der Waals surface area contributed by atoms with Crippen LogP contribution in [0.3, 0.4) is 0 Å². The molecular formula is C31H34F2N6O. The molecule has 2 N–H and O–H groups in total. The summed E-state index contributed by atoms with van der Waals surface area (Å²) >= 11 is 0. The fourth-order valence-corrected chi connectivity index (χ4v) is 6.54. The lowest BCUT2D eigenvalue weighted by Crippen LogP contribution is -2.54. The number of rotatable bonds is 6. The Balaban J connectivity index is 1.30. The van der Waals surface area contributed by atoms with Crippen LogP contribution >= 0.6 is 0 Å². The largest absolute Gasteiger partial charge is 0.341 e. The minimum Gasteiger partial charge on any atom is -0.341 e. The van der Waals surface area contributed by atoms with Gasteiger partial charge in [0.15, 0.2) is 0 Å². The molecule has 2 saturated carbocycles. The second-order valence-corrected chi connectivity index (χ2v) is 11.5. The van der Waals surface area contributed by atoms with Crippen LogP contribution in [0.1, 0.15) is 73.9 Å². The zero-order valence-electron chi connectivity index (χ0n) is 23.0. The number of aromatic nitrogens is 4. The fraction of sp³-hybridized carbons (Fsp3) is 0.419. The van der Waals surface area contributed by atoms with Crippen LogP contribution in [0.2, 0.25) is 0 Å². The van der Waals surface area contributed by atoms with Gasteiger partial charge in [-0.25, -0.2) is 18.3 Å². The summed E-state index contributed by atoms with van der Waals surface area (Å²) in [5, 5.41) is 4.62. The monoisotopic (exact) mass is 544 g/mol. The molecule has 0 spiro atoms. The van der Waals surface area contributed by atoms with Gasteiger partial charge in [-0.1, -0.05) is 6.92 Å². The molecule has 40 heavy (non-hydrogen) atoms. The van der Waals surface area contributed by atoms with Gasteiger partial charge in [-0.05, 0) is 90.5 Å². The van der Waals surface area contributed by atoms with E-state index in [1.165, 1.54) is 12.1 Å². The third-order valence-corrected chi connectivity index (χ3v) is 8.73. The molecule has 208 valence electrons. The quantitative estimate of drug-likeness (QED) is 0.359. The molecule has 9 heteroatoms. The van der Waals surface area contributed by atoms with Crippen LogP contribution in [0.25, 0.3) is 16.8 Å². The number of halogens is 2. The Morgan fingerprint density at radius 2 is 1.85 bits per heavy atom. The van der Waals surface area contributed by atoms with Crippen molar-refractivity contribution in [2.45, 2.75) is 69.9 Å². The van der Waals surface area contributed by atoms with Gasteiger partial charge in [0.2, 0.25) is 5.91 Å². The van der Waals surface area contributed by atoms with Gasteiger partial charge < -0.3 is 10.6 Å². The van der Waals surface area contributed by atoms with E-state index in [9.17, 15) is 4.79 Å². The van der Waals surface area contributed by atoms with Gasteiger partial charge in [-0.2, -0.15) is 5.10 Å². The molecule has 0 radical (unpaired) electrons. The smallest absolute Gasteiger partial charge is 0.219 e. The molecule has 4 atom stereocenters. The first-order chi connectivity index (χ1) is 19.2. The molecule has 4 aromatic rings. The van der Waals surface area contributed by atoms with E-state index in [2.05, 4.69) is 22.0 Å². The molecular weight excluding hydrogens is 510 g/mol. The highest BCUT2D eigenvalue weighted by molar-refractivity contribution is 5.73. The molecule has 0 unspecified atom stereocenters. The molecule has 2 aliphatic carbocycles. The molecule has 6 rings (SSSR count). The Bertz CT molecular complexity index is 1550. The summed E-state index contributed by atoms with van der Waals surface area (Å²) in [6.07, 6.45) is 9.40. The van der Waals surface area contributed by atoms with Crippen LogP contribution in [0.4, 0.5) is 8.78 Å². The first-order valence-electron chi connectivity index (χ1n) is 14.0. The average Bonchev–Trinajstić information content (AvgIpc) is 3.70. The average molecular weight is 545 g/mol. The predicted octanol–water partition coefficient (Wildman–Crippen LogP) is 5.23.